The van der Waals surface area contributed by atoms with Crippen LogP contribution in [0.25, 0.3) is 0 Å². The summed E-state index contributed by atoms with van der Waals surface area (Å²) in [6.45, 7) is 8.88. The number of nitrogens with zero attached hydrogens (tertiary/aromatic N) is 3. The SMILES string of the molecule is C=CCn1c(SCC(=O)Nc2ccc(C(C)CC)cc2)nnc1C1CC1. The fourth-order valence-corrected chi connectivity index (χ4v) is 3.56. The summed E-state index contributed by atoms with van der Waals surface area (Å²) in [5, 5.41) is 12.3. The van der Waals surface area contributed by atoms with Crippen LogP contribution in [0.15, 0.2) is 42.1 Å². The molecule has 1 N–H and O–H groups in total. The first-order valence-electron chi connectivity index (χ1n) is 9.19. The van der Waals surface area contributed by atoms with Crippen LogP contribution < -0.4 is 5.32 Å². The summed E-state index contributed by atoms with van der Waals surface area (Å²) in [4.78, 5) is 12.3. The predicted molar refractivity (Wildman–Crippen MR) is 107 cm³/mol. The molecule has 1 aliphatic carbocycles. The number of carbonyl (C=O) groups is 1. The molecule has 5 nitrogen and oxygen atoms in total. The van der Waals surface area contributed by atoms with Gasteiger partial charge in [-0.1, -0.05) is 43.8 Å². The number of anilines is 1. The smallest absolute Gasteiger partial charge is 0.234 e. The van der Waals surface area contributed by atoms with Crippen molar-refractivity contribution in [3.05, 3.63) is 48.3 Å². The number of thioether (sulfide) groups is 1. The van der Waals surface area contributed by atoms with Crippen molar-refractivity contribution >= 4 is 23.4 Å². The third kappa shape index (κ3) is 4.55. The molecule has 1 unspecified atom stereocenters. The Morgan fingerprint density at radius 3 is 2.73 bits per heavy atom. The Bertz CT molecular complexity index is 765. The Balaban J connectivity index is 1.56. The van der Waals surface area contributed by atoms with Crippen molar-refractivity contribution in [3.8, 4) is 0 Å². The molecule has 0 bridgehead atoms. The van der Waals surface area contributed by atoms with E-state index in [0.29, 0.717) is 24.1 Å². The molecule has 1 atom stereocenters. The number of amides is 1. The third-order valence-electron chi connectivity index (χ3n) is 4.71. The number of nitrogens with one attached hydrogen (secondary N) is 1. The van der Waals surface area contributed by atoms with E-state index in [1.54, 1.807) is 0 Å². The van der Waals surface area contributed by atoms with Crippen LogP contribution in [0.1, 0.15) is 56.3 Å². The van der Waals surface area contributed by atoms with Gasteiger partial charge in [0.15, 0.2) is 5.16 Å². The number of aromatic nitrogens is 3. The van der Waals surface area contributed by atoms with E-state index in [2.05, 4.69) is 52.6 Å². The largest absolute Gasteiger partial charge is 0.325 e. The van der Waals surface area contributed by atoms with Gasteiger partial charge in [0.05, 0.1) is 5.75 Å². The van der Waals surface area contributed by atoms with Crippen LogP contribution in [0.4, 0.5) is 5.69 Å². The molecule has 138 valence electrons. The molecule has 1 aliphatic rings. The minimum Gasteiger partial charge on any atom is -0.325 e. The van der Waals surface area contributed by atoms with E-state index < -0.39 is 0 Å². The lowest BCUT2D eigenvalue weighted by Crippen LogP contribution is -2.14. The van der Waals surface area contributed by atoms with Gasteiger partial charge in [0, 0.05) is 18.2 Å². The Hall–Kier alpha value is -2.08. The first kappa shape index (κ1) is 18.7. The van der Waals surface area contributed by atoms with Crippen molar-refractivity contribution in [2.24, 2.45) is 0 Å². The van der Waals surface area contributed by atoms with Gasteiger partial charge >= 0.3 is 0 Å². The van der Waals surface area contributed by atoms with E-state index in [0.717, 1.165) is 23.1 Å². The predicted octanol–water partition coefficient (Wildman–Crippen LogP) is 4.59. The van der Waals surface area contributed by atoms with Crippen LogP contribution >= 0.6 is 11.8 Å². The van der Waals surface area contributed by atoms with Gasteiger partial charge in [0.25, 0.3) is 0 Å². The Labute approximate surface area is 159 Å². The lowest BCUT2D eigenvalue weighted by molar-refractivity contribution is -0.113. The van der Waals surface area contributed by atoms with Gasteiger partial charge in [0.2, 0.25) is 5.91 Å². The summed E-state index contributed by atoms with van der Waals surface area (Å²) in [5.74, 6) is 2.36. The number of carbonyl (C=O) groups excluding carboxylic acids is 1. The molecule has 0 spiro atoms. The molecule has 2 aromatic rings. The third-order valence-corrected chi connectivity index (χ3v) is 5.67. The maximum absolute atomic E-state index is 12.3. The number of hydrogen-bond acceptors (Lipinski definition) is 4. The van der Waals surface area contributed by atoms with E-state index >= 15 is 0 Å². The fraction of sp³-hybridized carbons (Fsp3) is 0.450. The highest BCUT2D eigenvalue weighted by atomic mass is 32.2. The number of rotatable bonds is 9. The molecule has 1 aromatic heterocycles. The summed E-state index contributed by atoms with van der Waals surface area (Å²) >= 11 is 1.42. The summed E-state index contributed by atoms with van der Waals surface area (Å²) in [7, 11) is 0. The molecule has 0 aliphatic heterocycles. The molecule has 1 aromatic carbocycles. The second-order valence-corrected chi connectivity index (χ2v) is 7.72. The quantitative estimate of drug-likeness (QED) is 0.518. The molecule has 1 heterocycles. The van der Waals surface area contributed by atoms with Crippen molar-refractivity contribution in [2.45, 2.75) is 56.6 Å². The molecular weight excluding hydrogens is 344 g/mol. The molecule has 1 fully saturated rings. The molecule has 26 heavy (non-hydrogen) atoms. The van der Waals surface area contributed by atoms with E-state index in [1.807, 2.05) is 18.2 Å². The van der Waals surface area contributed by atoms with Gasteiger partial charge in [-0.2, -0.15) is 0 Å². The first-order chi connectivity index (χ1) is 12.6. The van der Waals surface area contributed by atoms with E-state index in [9.17, 15) is 4.79 Å². The topological polar surface area (TPSA) is 59.8 Å². The van der Waals surface area contributed by atoms with E-state index in [-0.39, 0.29) is 5.91 Å². The molecule has 6 heteroatoms. The highest BCUT2D eigenvalue weighted by Gasteiger charge is 2.30. The van der Waals surface area contributed by atoms with Gasteiger partial charge in [-0.05, 0) is 42.9 Å². The maximum Gasteiger partial charge on any atom is 0.234 e. The zero-order chi connectivity index (χ0) is 18.5. The maximum atomic E-state index is 12.3. The summed E-state index contributed by atoms with van der Waals surface area (Å²) in [6.07, 6.45) is 5.30. The van der Waals surface area contributed by atoms with Crippen LogP contribution in [0.2, 0.25) is 0 Å². The fourth-order valence-electron chi connectivity index (χ4n) is 2.81. The molecule has 3 rings (SSSR count). The first-order valence-corrected chi connectivity index (χ1v) is 10.2. The minimum absolute atomic E-state index is 0.0348. The zero-order valence-electron chi connectivity index (χ0n) is 15.4. The van der Waals surface area contributed by atoms with Crippen molar-refractivity contribution in [1.29, 1.82) is 0 Å². The molecule has 1 amide bonds. The lowest BCUT2D eigenvalue weighted by atomic mass is 9.99. The van der Waals surface area contributed by atoms with Gasteiger partial charge in [-0.3, -0.25) is 4.79 Å². The van der Waals surface area contributed by atoms with Crippen molar-refractivity contribution in [1.82, 2.24) is 14.8 Å². The van der Waals surface area contributed by atoms with E-state index in [4.69, 9.17) is 0 Å². The van der Waals surface area contributed by atoms with Crippen molar-refractivity contribution in [2.75, 3.05) is 11.1 Å². The Kier molecular flexibility index (Phi) is 6.14. The average Bonchev–Trinajstić information content (AvgIpc) is 3.42. The number of benzene rings is 1. The lowest BCUT2D eigenvalue weighted by Gasteiger charge is -2.10. The average molecular weight is 371 g/mol. The van der Waals surface area contributed by atoms with Gasteiger partial charge in [-0.15, -0.1) is 16.8 Å². The van der Waals surface area contributed by atoms with Gasteiger partial charge in [-0.25, -0.2) is 0 Å². The second kappa shape index (κ2) is 8.54. The molecule has 1 saturated carbocycles. The number of allylic oxidation sites excluding steroid dienone is 1. The Morgan fingerprint density at radius 1 is 1.38 bits per heavy atom. The Morgan fingerprint density at radius 2 is 2.12 bits per heavy atom. The molecular formula is C20H26N4OS. The van der Waals surface area contributed by atoms with Crippen molar-refractivity contribution < 1.29 is 4.79 Å². The van der Waals surface area contributed by atoms with Crippen LogP contribution in [-0.4, -0.2) is 26.4 Å². The monoisotopic (exact) mass is 370 g/mol. The summed E-state index contributed by atoms with van der Waals surface area (Å²) < 4.78 is 2.07. The standard InChI is InChI=1S/C20H26N4OS/c1-4-12-24-19(16-6-7-16)22-23-20(24)26-13-18(25)21-17-10-8-15(9-11-17)14(3)5-2/h4,8-11,14,16H,1,5-7,12-13H2,2-3H3,(H,21,25). The van der Waals surface area contributed by atoms with Crippen molar-refractivity contribution in [3.63, 3.8) is 0 Å². The minimum atomic E-state index is -0.0348. The van der Waals surface area contributed by atoms with Crippen LogP contribution in [-0.2, 0) is 11.3 Å². The zero-order valence-corrected chi connectivity index (χ0v) is 16.3. The van der Waals surface area contributed by atoms with Gasteiger partial charge < -0.3 is 9.88 Å². The summed E-state index contributed by atoms with van der Waals surface area (Å²) in [5.41, 5.74) is 2.12. The van der Waals surface area contributed by atoms with Crippen LogP contribution in [0.3, 0.4) is 0 Å². The van der Waals surface area contributed by atoms with E-state index in [1.165, 1.54) is 30.2 Å². The second-order valence-electron chi connectivity index (χ2n) is 6.78. The normalized spacial score (nSPS) is 14.8. The van der Waals surface area contributed by atoms with Crippen LogP contribution in [0, 0.1) is 0 Å². The number of hydrogen-bond donors (Lipinski definition) is 1. The highest BCUT2D eigenvalue weighted by molar-refractivity contribution is 7.99. The van der Waals surface area contributed by atoms with Gasteiger partial charge in [0.1, 0.15) is 5.82 Å². The molecule has 0 saturated heterocycles. The summed E-state index contributed by atoms with van der Waals surface area (Å²) in [6, 6.07) is 8.10. The molecule has 0 radical (unpaired) electrons. The highest BCUT2D eigenvalue weighted by Crippen LogP contribution is 2.40. The van der Waals surface area contributed by atoms with Crippen LogP contribution in [0.5, 0.6) is 0 Å².